The van der Waals surface area contributed by atoms with Crippen LogP contribution in [0.25, 0.3) is 5.57 Å². The number of carbonyl (C=O) groups is 1. The van der Waals surface area contributed by atoms with Gasteiger partial charge in [-0.15, -0.1) is 0 Å². The van der Waals surface area contributed by atoms with Crippen LogP contribution >= 0.6 is 0 Å². The van der Waals surface area contributed by atoms with Crippen molar-refractivity contribution in [3.05, 3.63) is 65.2 Å². The van der Waals surface area contributed by atoms with Crippen molar-refractivity contribution in [2.45, 2.75) is 20.3 Å². The minimum atomic E-state index is -0.0498. The summed E-state index contributed by atoms with van der Waals surface area (Å²) in [4.78, 5) is 14.8. The van der Waals surface area contributed by atoms with Gasteiger partial charge >= 0.3 is 0 Å². The molecule has 0 radical (unpaired) electrons. The van der Waals surface area contributed by atoms with Gasteiger partial charge in [0.1, 0.15) is 0 Å². The topological polar surface area (TPSA) is 71.8 Å². The second kappa shape index (κ2) is 11.2. The molecule has 2 aromatic rings. The van der Waals surface area contributed by atoms with Crippen molar-refractivity contribution in [2.75, 3.05) is 39.5 Å². The van der Waals surface area contributed by atoms with Crippen molar-refractivity contribution in [3.63, 3.8) is 0 Å². The van der Waals surface area contributed by atoms with Crippen LogP contribution in [0.5, 0.6) is 11.5 Å². The first-order chi connectivity index (χ1) is 15.2. The molecular formula is C25H28N2O4. The van der Waals surface area contributed by atoms with E-state index in [1.807, 2.05) is 56.3 Å². The molecule has 0 aromatic heterocycles. The number of ether oxygens (including phenoxy) is 3. The zero-order valence-electron chi connectivity index (χ0n) is 18.1. The fourth-order valence-electron chi connectivity index (χ4n) is 3.44. The molecule has 2 aromatic carbocycles. The molecule has 0 atom stereocenters. The van der Waals surface area contributed by atoms with Gasteiger partial charge < -0.3 is 19.1 Å². The molecule has 0 unspecified atom stereocenters. The van der Waals surface area contributed by atoms with Crippen LogP contribution in [0.3, 0.4) is 0 Å². The largest absolute Gasteiger partial charge is 0.490 e. The summed E-state index contributed by atoms with van der Waals surface area (Å²) >= 11 is 0. The van der Waals surface area contributed by atoms with Gasteiger partial charge in [0.2, 0.25) is 5.91 Å². The van der Waals surface area contributed by atoms with Crippen LogP contribution in [0.1, 0.15) is 30.5 Å². The van der Waals surface area contributed by atoms with E-state index in [1.54, 1.807) is 11.0 Å². The molecule has 0 saturated carbocycles. The highest BCUT2D eigenvalue weighted by atomic mass is 16.5. The molecule has 1 aliphatic heterocycles. The fourth-order valence-corrected chi connectivity index (χ4v) is 3.44. The Bertz CT molecular complexity index is 954. The third-order valence-corrected chi connectivity index (χ3v) is 4.99. The summed E-state index contributed by atoms with van der Waals surface area (Å²) in [5, 5.41) is 8.94. The molecule has 1 saturated heterocycles. The van der Waals surface area contributed by atoms with E-state index in [4.69, 9.17) is 19.5 Å². The van der Waals surface area contributed by atoms with Crippen molar-refractivity contribution in [1.82, 2.24) is 4.90 Å². The fraction of sp³-hybridized carbons (Fsp3) is 0.360. The average Bonchev–Trinajstić information content (AvgIpc) is 2.80. The van der Waals surface area contributed by atoms with Gasteiger partial charge in [0.05, 0.1) is 38.9 Å². The molecule has 1 aliphatic rings. The maximum absolute atomic E-state index is 13.0. The van der Waals surface area contributed by atoms with E-state index < -0.39 is 0 Å². The van der Waals surface area contributed by atoms with Crippen molar-refractivity contribution in [1.29, 1.82) is 5.26 Å². The lowest BCUT2D eigenvalue weighted by Crippen LogP contribution is -2.39. The SMILES string of the molecule is CCOc1ccc(/C(=C\C(=O)N2CCOCC2)c2ccc(CC#N)cc2)cc1OCC. The molecule has 3 rings (SSSR count). The Morgan fingerprint density at radius 2 is 1.68 bits per heavy atom. The maximum atomic E-state index is 13.0. The van der Waals surface area contributed by atoms with Crippen molar-refractivity contribution >= 4 is 11.5 Å². The molecule has 6 nitrogen and oxygen atoms in total. The number of benzene rings is 2. The number of hydrogen-bond acceptors (Lipinski definition) is 5. The molecule has 162 valence electrons. The summed E-state index contributed by atoms with van der Waals surface area (Å²) in [5.41, 5.74) is 3.49. The van der Waals surface area contributed by atoms with E-state index in [2.05, 4.69) is 6.07 Å². The second-order valence-electron chi connectivity index (χ2n) is 7.06. The van der Waals surface area contributed by atoms with E-state index >= 15 is 0 Å². The van der Waals surface area contributed by atoms with Crippen LogP contribution in [0.2, 0.25) is 0 Å². The molecule has 6 heteroatoms. The minimum Gasteiger partial charge on any atom is -0.490 e. The molecule has 0 bridgehead atoms. The molecule has 1 fully saturated rings. The van der Waals surface area contributed by atoms with Crippen LogP contribution in [0, 0.1) is 11.3 Å². The molecule has 0 aliphatic carbocycles. The number of amides is 1. The molecule has 31 heavy (non-hydrogen) atoms. The van der Waals surface area contributed by atoms with Gasteiger partial charge in [-0.1, -0.05) is 30.3 Å². The van der Waals surface area contributed by atoms with Gasteiger partial charge in [0, 0.05) is 19.2 Å². The lowest BCUT2D eigenvalue weighted by molar-refractivity contribution is -0.129. The average molecular weight is 421 g/mol. The summed E-state index contributed by atoms with van der Waals surface area (Å²) in [7, 11) is 0. The predicted molar refractivity (Wildman–Crippen MR) is 119 cm³/mol. The second-order valence-corrected chi connectivity index (χ2v) is 7.06. The molecule has 0 N–H and O–H groups in total. The number of hydrogen-bond donors (Lipinski definition) is 0. The smallest absolute Gasteiger partial charge is 0.247 e. The third-order valence-electron chi connectivity index (χ3n) is 4.99. The van der Waals surface area contributed by atoms with Crippen LogP contribution < -0.4 is 9.47 Å². The highest BCUT2D eigenvalue weighted by Gasteiger charge is 2.18. The van der Waals surface area contributed by atoms with E-state index in [0.717, 1.165) is 22.3 Å². The maximum Gasteiger partial charge on any atom is 0.247 e. The van der Waals surface area contributed by atoms with Gasteiger partial charge in [0.15, 0.2) is 11.5 Å². The highest BCUT2D eigenvalue weighted by molar-refractivity contribution is 5.99. The van der Waals surface area contributed by atoms with Crippen LogP contribution in [0.4, 0.5) is 0 Å². The monoisotopic (exact) mass is 420 g/mol. The van der Waals surface area contributed by atoms with Gasteiger partial charge in [-0.2, -0.15) is 5.26 Å². The highest BCUT2D eigenvalue weighted by Crippen LogP contribution is 2.33. The van der Waals surface area contributed by atoms with Crippen LogP contribution in [0.15, 0.2) is 48.5 Å². The first-order valence-corrected chi connectivity index (χ1v) is 10.6. The van der Waals surface area contributed by atoms with Gasteiger partial charge in [0.25, 0.3) is 0 Å². The minimum absolute atomic E-state index is 0.0498. The van der Waals surface area contributed by atoms with E-state index in [9.17, 15) is 4.79 Å². The Morgan fingerprint density at radius 3 is 2.32 bits per heavy atom. The summed E-state index contributed by atoms with van der Waals surface area (Å²) in [5.74, 6) is 1.27. The molecule has 1 amide bonds. The number of nitriles is 1. The van der Waals surface area contributed by atoms with E-state index in [0.29, 0.717) is 57.4 Å². The Hall–Kier alpha value is -3.30. The quantitative estimate of drug-likeness (QED) is 0.607. The van der Waals surface area contributed by atoms with Gasteiger partial charge in [-0.25, -0.2) is 0 Å². The first-order valence-electron chi connectivity index (χ1n) is 10.6. The van der Waals surface area contributed by atoms with Crippen LogP contribution in [-0.2, 0) is 16.0 Å². The zero-order valence-corrected chi connectivity index (χ0v) is 18.1. The lowest BCUT2D eigenvalue weighted by atomic mass is 9.95. The zero-order chi connectivity index (χ0) is 22.1. The van der Waals surface area contributed by atoms with Gasteiger partial charge in [-0.05, 0) is 48.2 Å². The Labute approximate surface area is 183 Å². The number of nitrogens with zero attached hydrogens (tertiary/aromatic N) is 2. The van der Waals surface area contributed by atoms with Crippen molar-refractivity contribution in [2.24, 2.45) is 0 Å². The normalized spacial score (nSPS) is 14.1. The Balaban J connectivity index is 2.02. The van der Waals surface area contributed by atoms with Crippen molar-refractivity contribution in [3.8, 4) is 17.6 Å². The number of rotatable bonds is 8. The molecular weight excluding hydrogens is 392 g/mol. The summed E-state index contributed by atoms with van der Waals surface area (Å²) in [6.07, 6.45) is 2.03. The first kappa shape index (κ1) is 22.4. The summed E-state index contributed by atoms with van der Waals surface area (Å²) in [6.45, 7) is 7.17. The Kier molecular flexibility index (Phi) is 8.08. The number of carbonyl (C=O) groups excluding carboxylic acids is 1. The van der Waals surface area contributed by atoms with Crippen LogP contribution in [-0.4, -0.2) is 50.3 Å². The molecule has 1 heterocycles. The summed E-state index contributed by atoms with van der Waals surface area (Å²) < 4.78 is 16.8. The van der Waals surface area contributed by atoms with E-state index in [-0.39, 0.29) is 5.91 Å². The number of morpholine rings is 1. The molecule has 0 spiro atoms. The predicted octanol–water partition coefficient (Wildman–Crippen LogP) is 3.84. The van der Waals surface area contributed by atoms with Gasteiger partial charge in [-0.3, -0.25) is 4.79 Å². The van der Waals surface area contributed by atoms with E-state index in [1.165, 1.54) is 0 Å². The third kappa shape index (κ3) is 5.87. The standard InChI is InChI=1S/C25H28N2O4/c1-3-30-23-10-9-21(17-24(23)31-4-2)22(18-25(28)27-13-15-29-16-14-27)20-7-5-19(6-8-20)11-12-26/h5-10,17-18H,3-4,11,13-16H2,1-2H3/b22-18-. The van der Waals surface area contributed by atoms with Crippen molar-refractivity contribution < 1.29 is 19.0 Å². The summed E-state index contributed by atoms with van der Waals surface area (Å²) in [6, 6.07) is 15.6. The lowest BCUT2D eigenvalue weighted by Gasteiger charge is -2.26. The Morgan fingerprint density at radius 1 is 1.03 bits per heavy atom.